The highest BCUT2D eigenvalue weighted by atomic mass is 32.1. The molecule has 3 aromatic rings. The van der Waals surface area contributed by atoms with Gasteiger partial charge in [0, 0.05) is 21.7 Å². The van der Waals surface area contributed by atoms with Crippen molar-refractivity contribution >= 4 is 39.0 Å². The van der Waals surface area contributed by atoms with E-state index in [1.165, 1.54) is 6.08 Å². The summed E-state index contributed by atoms with van der Waals surface area (Å²) in [5.41, 5.74) is 1.86. The van der Waals surface area contributed by atoms with Crippen LogP contribution in [0.15, 0.2) is 78.9 Å². The van der Waals surface area contributed by atoms with Gasteiger partial charge in [-0.1, -0.05) is 36.9 Å². The Hall–Kier alpha value is -3.61. The highest BCUT2D eigenvalue weighted by Crippen LogP contribution is 2.46. The van der Waals surface area contributed by atoms with E-state index >= 15 is 0 Å². The number of fused-ring (bicyclic) bond motifs is 1. The average Bonchev–Trinajstić information content (AvgIpc) is 3.19. The fourth-order valence-electron chi connectivity index (χ4n) is 3.70. The predicted octanol–water partition coefficient (Wildman–Crippen LogP) is 7.95. The zero-order valence-corrected chi connectivity index (χ0v) is 23.0. The van der Waals surface area contributed by atoms with Crippen molar-refractivity contribution in [2.75, 3.05) is 7.11 Å². The Morgan fingerprint density at radius 3 is 2.32 bits per heavy atom. The van der Waals surface area contributed by atoms with E-state index in [1.54, 1.807) is 37.5 Å². The molecule has 1 heterocycles. The van der Waals surface area contributed by atoms with Crippen LogP contribution in [-0.4, -0.2) is 29.9 Å². The molecule has 0 saturated heterocycles. The maximum Gasteiger partial charge on any atom is 0.331 e. The van der Waals surface area contributed by atoms with Gasteiger partial charge >= 0.3 is 5.97 Å². The number of carbonyl (C=O) groups excluding carboxylic acids is 1. The molecule has 0 unspecified atom stereocenters. The first-order valence-electron chi connectivity index (χ1n) is 12.0. The fraction of sp³-hybridized carbons (Fsp3) is 0.258. The van der Waals surface area contributed by atoms with Gasteiger partial charge < -0.3 is 19.3 Å². The topological polar surface area (TPSA) is 65.0 Å². The number of methoxy groups -OCH3 is 1. The molecule has 0 fully saturated rings. The van der Waals surface area contributed by atoms with Crippen LogP contribution in [0.4, 0.5) is 0 Å². The summed E-state index contributed by atoms with van der Waals surface area (Å²) in [7, 11) is 1.64. The molecule has 0 aliphatic rings. The summed E-state index contributed by atoms with van der Waals surface area (Å²) in [6, 6.07) is 13.3. The number of thiophene rings is 1. The zero-order valence-electron chi connectivity index (χ0n) is 22.2. The van der Waals surface area contributed by atoms with Crippen molar-refractivity contribution in [3.8, 4) is 17.2 Å². The van der Waals surface area contributed by atoms with Gasteiger partial charge in [-0.25, -0.2) is 4.79 Å². The van der Waals surface area contributed by atoms with Gasteiger partial charge in [-0.2, -0.15) is 0 Å². The number of allylic oxidation sites excluding steroid dienone is 3. The molecule has 0 radical (unpaired) electrons. The molecule has 0 spiro atoms. The van der Waals surface area contributed by atoms with Gasteiger partial charge in [0.15, 0.2) is 5.75 Å². The van der Waals surface area contributed by atoms with Crippen molar-refractivity contribution in [2.45, 2.75) is 46.3 Å². The Bertz CT molecular complexity index is 1350. The first-order chi connectivity index (χ1) is 17.6. The van der Waals surface area contributed by atoms with Crippen molar-refractivity contribution in [1.29, 1.82) is 0 Å². The number of carbonyl (C=O) groups is 1. The fourth-order valence-corrected chi connectivity index (χ4v) is 4.90. The van der Waals surface area contributed by atoms with E-state index in [9.17, 15) is 9.90 Å². The summed E-state index contributed by atoms with van der Waals surface area (Å²) in [5, 5.41) is 11.4. The molecule has 0 aliphatic carbocycles. The van der Waals surface area contributed by atoms with Crippen molar-refractivity contribution in [2.24, 2.45) is 0 Å². The van der Waals surface area contributed by atoms with Gasteiger partial charge in [-0.05, 0) is 82.2 Å². The van der Waals surface area contributed by atoms with Gasteiger partial charge in [-0.3, -0.25) is 0 Å². The Morgan fingerprint density at radius 2 is 1.76 bits per heavy atom. The SMILES string of the molecule is C=C/C(=C(\C=C/C)c1sc2cc(OC)ccc2c1Oc1ccc(/C=C/C(=O)OC(C)(C)C)cc1)[C@H](C)O. The number of rotatable bonds is 9. The number of hydrogen-bond acceptors (Lipinski definition) is 6. The van der Waals surface area contributed by atoms with Crippen LogP contribution >= 0.6 is 11.3 Å². The second-order valence-electron chi connectivity index (χ2n) is 9.41. The Labute approximate surface area is 223 Å². The molecule has 1 N–H and O–H groups in total. The molecule has 1 aromatic heterocycles. The standard InChI is InChI=1S/C31H34O5S/c1-8-10-25(24(9-2)20(3)32)30-29(26-17-16-23(34-7)19-27(26)37-30)35-22-14-11-21(12-15-22)13-18-28(33)36-31(4,5)6/h8-20,32H,2H2,1,3-7H3/b10-8-,18-13+,25-24-/t20-/m0/s1. The number of esters is 1. The quantitative estimate of drug-likeness (QED) is 0.177. The van der Waals surface area contributed by atoms with E-state index in [0.717, 1.165) is 31.8 Å². The second kappa shape index (κ2) is 12.1. The smallest absolute Gasteiger partial charge is 0.331 e. The third kappa shape index (κ3) is 7.21. The Kier molecular flexibility index (Phi) is 9.14. The van der Waals surface area contributed by atoms with E-state index in [2.05, 4.69) is 6.58 Å². The van der Waals surface area contributed by atoms with Gasteiger partial charge in [0.25, 0.3) is 0 Å². The minimum Gasteiger partial charge on any atom is -0.497 e. The van der Waals surface area contributed by atoms with Crippen LogP contribution in [0.5, 0.6) is 17.2 Å². The summed E-state index contributed by atoms with van der Waals surface area (Å²) in [5.74, 6) is 1.69. The number of hydrogen-bond donors (Lipinski definition) is 1. The summed E-state index contributed by atoms with van der Waals surface area (Å²) in [4.78, 5) is 12.9. The molecule has 194 valence electrons. The molecular weight excluding hydrogens is 484 g/mol. The number of aliphatic hydroxyl groups is 1. The normalized spacial score (nSPS) is 13.6. The lowest BCUT2D eigenvalue weighted by atomic mass is 10.0. The van der Waals surface area contributed by atoms with Crippen LogP contribution in [-0.2, 0) is 9.53 Å². The Balaban J connectivity index is 2.03. The summed E-state index contributed by atoms with van der Waals surface area (Å²) in [6.45, 7) is 13.1. The van der Waals surface area contributed by atoms with Crippen LogP contribution in [0.2, 0.25) is 0 Å². The molecule has 0 bridgehead atoms. The van der Waals surface area contributed by atoms with E-state index in [0.29, 0.717) is 17.1 Å². The molecule has 3 rings (SSSR count). The first-order valence-corrected chi connectivity index (χ1v) is 12.8. The highest BCUT2D eigenvalue weighted by molar-refractivity contribution is 7.20. The monoisotopic (exact) mass is 518 g/mol. The minimum atomic E-state index is -0.702. The van der Waals surface area contributed by atoms with E-state index < -0.39 is 17.7 Å². The van der Waals surface area contributed by atoms with E-state index in [1.807, 2.05) is 82.3 Å². The molecule has 5 nitrogen and oxygen atoms in total. The van der Waals surface area contributed by atoms with Crippen molar-refractivity contribution in [1.82, 2.24) is 0 Å². The van der Waals surface area contributed by atoms with Crippen LogP contribution in [0.3, 0.4) is 0 Å². The van der Waals surface area contributed by atoms with Crippen LogP contribution < -0.4 is 9.47 Å². The van der Waals surface area contributed by atoms with Crippen LogP contribution in [0, 0.1) is 0 Å². The number of benzene rings is 2. The molecular formula is C31H34O5S. The van der Waals surface area contributed by atoms with Crippen LogP contribution in [0.1, 0.15) is 45.1 Å². The molecule has 6 heteroatoms. The van der Waals surface area contributed by atoms with Gasteiger partial charge in [0.1, 0.15) is 17.1 Å². The summed E-state index contributed by atoms with van der Waals surface area (Å²) in [6.07, 6.45) is 8.00. The van der Waals surface area contributed by atoms with Crippen LogP contribution in [0.25, 0.3) is 21.7 Å². The molecule has 2 aromatic carbocycles. The van der Waals surface area contributed by atoms with Gasteiger partial charge in [0.2, 0.25) is 0 Å². The minimum absolute atomic E-state index is 0.392. The van der Waals surface area contributed by atoms with E-state index in [-0.39, 0.29) is 0 Å². The predicted molar refractivity (Wildman–Crippen MR) is 153 cm³/mol. The van der Waals surface area contributed by atoms with Gasteiger partial charge in [0.05, 0.1) is 18.1 Å². The first kappa shape index (κ1) is 28.0. The third-order valence-electron chi connectivity index (χ3n) is 5.33. The van der Waals surface area contributed by atoms with Crippen molar-refractivity contribution in [3.63, 3.8) is 0 Å². The molecule has 0 amide bonds. The average molecular weight is 519 g/mol. The lowest BCUT2D eigenvalue weighted by Crippen LogP contribution is -2.22. The van der Waals surface area contributed by atoms with E-state index in [4.69, 9.17) is 14.2 Å². The number of aliphatic hydroxyl groups excluding tert-OH is 1. The molecule has 1 atom stereocenters. The second-order valence-corrected chi connectivity index (χ2v) is 10.5. The summed E-state index contributed by atoms with van der Waals surface area (Å²) < 4.78 is 18.2. The maximum atomic E-state index is 12.0. The molecule has 0 aliphatic heterocycles. The maximum absolute atomic E-state index is 12.0. The molecule has 0 saturated carbocycles. The lowest BCUT2D eigenvalue weighted by molar-refractivity contribution is -0.148. The lowest BCUT2D eigenvalue weighted by Gasteiger charge is -2.17. The largest absolute Gasteiger partial charge is 0.497 e. The third-order valence-corrected chi connectivity index (χ3v) is 6.50. The zero-order chi connectivity index (χ0) is 27.2. The van der Waals surface area contributed by atoms with Crippen molar-refractivity contribution < 1.29 is 24.1 Å². The Morgan fingerprint density at radius 1 is 1.08 bits per heavy atom. The van der Waals surface area contributed by atoms with Gasteiger partial charge in [-0.15, -0.1) is 11.3 Å². The number of ether oxygens (including phenoxy) is 3. The molecule has 37 heavy (non-hydrogen) atoms. The highest BCUT2D eigenvalue weighted by Gasteiger charge is 2.21. The van der Waals surface area contributed by atoms with Crippen molar-refractivity contribution in [3.05, 3.63) is 89.4 Å². The summed E-state index contributed by atoms with van der Waals surface area (Å²) >= 11 is 1.57.